The Kier molecular flexibility index (Phi) is 5.65. The van der Waals surface area contributed by atoms with Gasteiger partial charge in [0.05, 0.1) is 0 Å². The minimum absolute atomic E-state index is 0.00709. The van der Waals surface area contributed by atoms with E-state index in [4.69, 9.17) is 5.73 Å². The van der Waals surface area contributed by atoms with Gasteiger partial charge in [-0.25, -0.2) is 0 Å². The van der Waals surface area contributed by atoms with Crippen molar-refractivity contribution < 1.29 is 13.2 Å². The molecule has 0 bridgehead atoms. The standard InChI is InChI=1S/C16H23F3N2/c17-16(18,19)15(6-9-20)21-10-7-14(8-11-21)12-13-4-2-1-3-5-13/h1-5,14-15H,6-12,20H2. The third-order valence-corrected chi connectivity index (χ3v) is 4.28. The van der Waals surface area contributed by atoms with Gasteiger partial charge in [0.25, 0.3) is 0 Å². The van der Waals surface area contributed by atoms with Gasteiger partial charge in [0.2, 0.25) is 0 Å². The highest BCUT2D eigenvalue weighted by atomic mass is 19.4. The predicted octanol–water partition coefficient (Wildman–Crippen LogP) is 3.22. The van der Waals surface area contributed by atoms with E-state index in [1.54, 1.807) is 4.90 Å². The molecule has 2 N–H and O–H groups in total. The van der Waals surface area contributed by atoms with Crippen molar-refractivity contribution in [2.24, 2.45) is 11.7 Å². The van der Waals surface area contributed by atoms with Crippen molar-refractivity contribution in [2.45, 2.75) is 37.9 Å². The number of hydrogen-bond donors (Lipinski definition) is 1. The Hall–Kier alpha value is -1.07. The van der Waals surface area contributed by atoms with Crippen LogP contribution in [0.15, 0.2) is 30.3 Å². The molecule has 118 valence electrons. The molecule has 1 atom stereocenters. The lowest BCUT2D eigenvalue weighted by atomic mass is 9.89. The summed E-state index contributed by atoms with van der Waals surface area (Å²) in [6.45, 7) is 1.11. The number of nitrogens with two attached hydrogens (primary N) is 1. The van der Waals surface area contributed by atoms with Crippen molar-refractivity contribution >= 4 is 0 Å². The van der Waals surface area contributed by atoms with Crippen LogP contribution in [-0.2, 0) is 6.42 Å². The summed E-state index contributed by atoms with van der Waals surface area (Å²) in [5.74, 6) is 0.482. The summed E-state index contributed by atoms with van der Waals surface area (Å²) in [6.07, 6.45) is -1.57. The van der Waals surface area contributed by atoms with E-state index in [-0.39, 0.29) is 13.0 Å². The van der Waals surface area contributed by atoms with Crippen LogP contribution in [0.3, 0.4) is 0 Å². The highest BCUT2D eigenvalue weighted by molar-refractivity contribution is 5.15. The number of benzene rings is 1. The molecule has 2 nitrogen and oxygen atoms in total. The summed E-state index contributed by atoms with van der Waals surface area (Å²) < 4.78 is 39.1. The van der Waals surface area contributed by atoms with Crippen LogP contribution >= 0.6 is 0 Å². The van der Waals surface area contributed by atoms with E-state index >= 15 is 0 Å². The summed E-state index contributed by atoms with van der Waals surface area (Å²) >= 11 is 0. The van der Waals surface area contributed by atoms with Gasteiger partial charge >= 0.3 is 6.18 Å². The Morgan fingerprint density at radius 2 is 1.76 bits per heavy atom. The molecule has 0 aliphatic carbocycles. The molecule has 5 heteroatoms. The van der Waals surface area contributed by atoms with E-state index in [0.717, 1.165) is 19.3 Å². The maximum Gasteiger partial charge on any atom is 0.404 e. The van der Waals surface area contributed by atoms with Gasteiger partial charge in [-0.1, -0.05) is 30.3 Å². The fourth-order valence-corrected chi connectivity index (χ4v) is 3.13. The maximum absolute atomic E-state index is 13.0. The Morgan fingerprint density at radius 1 is 1.14 bits per heavy atom. The Morgan fingerprint density at radius 3 is 2.29 bits per heavy atom. The number of halogens is 3. The molecule has 1 heterocycles. The van der Waals surface area contributed by atoms with Gasteiger partial charge in [0.15, 0.2) is 0 Å². The summed E-state index contributed by atoms with van der Waals surface area (Å²) in [5.41, 5.74) is 6.60. The molecule has 1 aromatic rings. The van der Waals surface area contributed by atoms with Crippen LogP contribution in [0.25, 0.3) is 0 Å². The summed E-state index contributed by atoms with van der Waals surface area (Å²) in [5, 5.41) is 0. The molecule has 1 aliphatic rings. The van der Waals surface area contributed by atoms with Crippen molar-refractivity contribution in [3.63, 3.8) is 0 Å². The van der Waals surface area contributed by atoms with Gasteiger partial charge in [0.1, 0.15) is 6.04 Å². The van der Waals surface area contributed by atoms with Crippen molar-refractivity contribution in [1.29, 1.82) is 0 Å². The second-order valence-electron chi connectivity index (χ2n) is 5.80. The van der Waals surface area contributed by atoms with Crippen LogP contribution in [-0.4, -0.2) is 36.8 Å². The van der Waals surface area contributed by atoms with E-state index < -0.39 is 12.2 Å². The Labute approximate surface area is 124 Å². The average Bonchev–Trinajstić information content (AvgIpc) is 2.46. The highest BCUT2D eigenvalue weighted by Crippen LogP contribution is 2.31. The van der Waals surface area contributed by atoms with E-state index in [1.807, 2.05) is 18.2 Å². The summed E-state index contributed by atoms with van der Waals surface area (Å²) in [6, 6.07) is 8.78. The minimum Gasteiger partial charge on any atom is -0.330 e. The Bertz CT molecular complexity index is 411. The smallest absolute Gasteiger partial charge is 0.330 e. The molecule has 0 radical (unpaired) electrons. The molecule has 1 aromatic carbocycles. The zero-order valence-corrected chi connectivity index (χ0v) is 12.1. The van der Waals surface area contributed by atoms with Gasteiger partial charge in [0, 0.05) is 0 Å². The van der Waals surface area contributed by atoms with Crippen LogP contribution in [0.2, 0.25) is 0 Å². The van der Waals surface area contributed by atoms with Gasteiger partial charge in [-0.05, 0) is 56.8 Å². The molecule has 1 aliphatic heterocycles. The molecular weight excluding hydrogens is 277 g/mol. The van der Waals surface area contributed by atoms with E-state index in [1.165, 1.54) is 5.56 Å². The first-order valence-electron chi connectivity index (χ1n) is 7.55. The van der Waals surface area contributed by atoms with E-state index in [0.29, 0.717) is 19.0 Å². The fraction of sp³-hybridized carbons (Fsp3) is 0.625. The lowest BCUT2D eigenvalue weighted by molar-refractivity contribution is -0.188. The SMILES string of the molecule is NCCC(N1CCC(Cc2ccccc2)CC1)C(F)(F)F. The van der Waals surface area contributed by atoms with Crippen LogP contribution < -0.4 is 5.73 Å². The van der Waals surface area contributed by atoms with E-state index in [2.05, 4.69) is 12.1 Å². The second kappa shape index (κ2) is 7.27. The van der Waals surface area contributed by atoms with Gasteiger partial charge in [-0.3, -0.25) is 4.90 Å². The molecule has 0 aromatic heterocycles. The van der Waals surface area contributed by atoms with Crippen molar-refractivity contribution in [2.75, 3.05) is 19.6 Å². The molecule has 21 heavy (non-hydrogen) atoms. The first kappa shape index (κ1) is 16.3. The van der Waals surface area contributed by atoms with Gasteiger partial charge < -0.3 is 5.73 Å². The molecule has 1 saturated heterocycles. The van der Waals surface area contributed by atoms with Crippen LogP contribution in [0.5, 0.6) is 0 Å². The highest BCUT2D eigenvalue weighted by Gasteiger charge is 2.43. The number of rotatable bonds is 5. The molecule has 0 spiro atoms. The van der Waals surface area contributed by atoms with Crippen molar-refractivity contribution in [3.8, 4) is 0 Å². The topological polar surface area (TPSA) is 29.3 Å². The molecule has 2 rings (SSSR count). The predicted molar refractivity (Wildman–Crippen MR) is 78.0 cm³/mol. The lowest BCUT2D eigenvalue weighted by Gasteiger charge is -2.38. The second-order valence-corrected chi connectivity index (χ2v) is 5.80. The van der Waals surface area contributed by atoms with Crippen molar-refractivity contribution in [3.05, 3.63) is 35.9 Å². The van der Waals surface area contributed by atoms with Crippen LogP contribution in [0, 0.1) is 5.92 Å². The fourth-order valence-electron chi connectivity index (χ4n) is 3.13. The quantitative estimate of drug-likeness (QED) is 0.904. The number of alkyl halides is 3. The minimum atomic E-state index is -4.17. The number of nitrogens with zero attached hydrogens (tertiary/aromatic N) is 1. The molecule has 0 saturated carbocycles. The van der Waals surface area contributed by atoms with Crippen molar-refractivity contribution in [1.82, 2.24) is 4.90 Å². The molecule has 1 fully saturated rings. The first-order chi connectivity index (χ1) is 10.0. The molecular formula is C16H23F3N2. The number of piperidine rings is 1. The van der Waals surface area contributed by atoms with Gasteiger partial charge in [-0.2, -0.15) is 13.2 Å². The molecule has 0 amide bonds. The normalized spacial score (nSPS) is 19.6. The zero-order valence-electron chi connectivity index (χ0n) is 12.1. The number of hydrogen-bond acceptors (Lipinski definition) is 2. The summed E-state index contributed by atoms with van der Waals surface area (Å²) in [7, 11) is 0. The average molecular weight is 300 g/mol. The largest absolute Gasteiger partial charge is 0.404 e. The first-order valence-corrected chi connectivity index (χ1v) is 7.55. The van der Waals surface area contributed by atoms with Gasteiger partial charge in [-0.15, -0.1) is 0 Å². The number of likely N-dealkylation sites (tertiary alicyclic amines) is 1. The third kappa shape index (κ3) is 4.71. The van der Waals surface area contributed by atoms with Crippen LogP contribution in [0.4, 0.5) is 13.2 Å². The van der Waals surface area contributed by atoms with E-state index in [9.17, 15) is 13.2 Å². The third-order valence-electron chi connectivity index (χ3n) is 4.28. The van der Waals surface area contributed by atoms with Crippen LogP contribution in [0.1, 0.15) is 24.8 Å². The zero-order chi connectivity index (χ0) is 15.3. The summed E-state index contributed by atoms with van der Waals surface area (Å²) in [4.78, 5) is 1.56. The Balaban J connectivity index is 1.87. The lowest BCUT2D eigenvalue weighted by Crippen LogP contribution is -2.50. The molecule has 1 unspecified atom stereocenters. The maximum atomic E-state index is 13.0. The monoisotopic (exact) mass is 300 g/mol.